The minimum Gasteiger partial charge on any atom is -0.374 e. The van der Waals surface area contributed by atoms with Gasteiger partial charge in [-0.3, -0.25) is 4.79 Å². The second-order valence-corrected chi connectivity index (χ2v) is 3.11. The Morgan fingerprint density at radius 2 is 2.00 bits per heavy atom. The lowest BCUT2D eigenvalue weighted by Gasteiger charge is -2.17. The maximum absolute atomic E-state index is 10.0. The molecular formula is C12H15NO. The number of para-hydroxylation sites is 1. The van der Waals surface area contributed by atoms with Crippen LogP contribution in [0.4, 0.5) is 5.69 Å². The molecule has 0 fully saturated rings. The molecule has 0 heterocycles. The predicted molar refractivity (Wildman–Crippen MR) is 59.5 cm³/mol. The molecule has 0 radical (unpaired) electrons. The summed E-state index contributed by atoms with van der Waals surface area (Å²) in [6.07, 6.45) is 5.12. The standard InChI is InChI=1S/C12H15NO/c1-13(10-6-3-7-11-14)12-8-4-2-5-9-12/h2-5,7-9,11H,6,10H2,1H3/b7-3+. The molecule has 74 valence electrons. The van der Waals surface area contributed by atoms with Crippen LogP contribution in [0.1, 0.15) is 6.42 Å². The van der Waals surface area contributed by atoms with E-state index in [1.54, 1.807) is 6.08 Å². The van der Waals surface area contributed by atoms with Crippen LogP contribution in [0.15, 0.2) is 42.5 Å². The van der Waals surface area contributed by atoms with Crippen LogP contribution in [-0.2, 0) is 4.79 Å². The lowest BCUT2D eigenvalue weighted by atomic mass is 10.3. The molecule has 0 N–H and O–H groups in total. The smallest absolute Gasteiger partial charge is 0.142 e. The Balaban J connectivity index is 2.39. The second-order valence-electron chi connectivity index (χ2n) is 3.11. The summed E-state index contributed by atoms with van der Waals surface area (Å²) in [5, 5.41) is 0. The van der Waals surface area contributed by atoms with Gasteiger partial charge in [-0.1, -0.05) is 24.3 Å². The second kappa shape index (κ2) is 5.97. The summed E-state index contributed by atoms with van der Waals surface area (Å²) in [5.74, 6) is 0. The maximum atomic E-state index is 10.0. The third-order valence-electron chi connectivity index (χ3n) is 2.04. The van der Waals surface area contributed by atoms with E-state index in [0.29, 0.717) is 0 Å². The molecule has 0 aliphatic rings. The monoisotopic (exact) mass is 189 g/mol. The summed E-state index contributed by atoms with van der Waals surface area (Å²) < 4.78 is 0. The van der Waals surface area contributed by atoms with Crippen molar-refractivity contribution in [1.82, 2.24) is 0 Å². The molecule has 0 aliphatic carbocycles. The maximum Gasteiger partial charge on any atom is 0.142 e. The summed E-state index contributed by atoms with van der Waals surface area (Å²) in [4.78, 5) is 12.2. The van der Waals surface area contributed by atoms with E-state index in [4.69, 9.17) is 0 Å². The number of rotatable bonds is 5. The fraction of sp³-hybridized carbons (Fsp3) is 0.250. The van der Waals surface area contributed by atoms with E-state index < -0.39 is 0 Å². The van der Waals surface area contributed by atoms with Crippen molar-refractivity contribution in [2.45, 2.75) is 6.42 Å². The number of hydrogen-bond acceptors (Lipinski definition) is 2. The number of hydrogen-bond donors (Lipinski definition) is 0. The van der Waals surface area contributed by atoms with Crippen molar-refractivity contribution < 1.29 is 4.79 Å². The highest BCUT2D eigenvalue weighted by Crippen LogP contribution is 2.10. The minimum atomic E-state index is 0.808. The van der Waals surface area contributed by atoms with Gasteiger partial charge in [0.05, 0.1) is 0 Å². The average molecular weight is 189 g/mol. The van der Waals surface area contributed by atoms with E-state index in [1.807, 2.05) is 31.3 Å². The van der Waals surface area contributed by atoms with E-state index in [0.717, 1.165) is 19.3 Å². The summed E-state index contributed by atoms with van der Waals surface area (Å²) in [7, 11) is 2.05. The number of benzene rings is 1. The SMILES string of the molecule is CN(CC/C=C/C=O)c1ccccc1. The van der Waals surface area contributed by atoms with Crippen LogP contribution < -0.4 is 4.90 Å². The van der Waals surface area contributed by atoms with Gasteiger partial charge in [0, 0.05) is 19.3 Å². The molecule has 1 aromatic rings. The van der Waals surface area contributed by atoms with E-state index in [2.05, 4.69) is 17.0 Å². The molecule has 2 heteroatoms. The predicted octanol–water partition coefficient (Wildman–Crippen LogP) is 2.27. The Bertz CT molecular complexity index is 292. The molecule has 1 rings (SSSR count). The van der Waals surface area contributed by atoms with Gasteiger partial charge in [0.15, 0.2) is 0 Å². The number of aldehydes is 1. The molecule has 14 heavy (non-hydrogen) atoms. The van der Waals surface area contributed by atoms with E-state index in [1.165, 1.54) is 5.69 Å². The van der Waals surface area contributed by atoms with Gasteiger partial charge in [-0.25, -0.2) is 0 Å². The van der Waals surface area contributed by atoms with Crippen molar-refractivity contribution in [3.05, 3.63) is 42.5 Å². The topological polar surface area (TPSA) is 20.3 Å². The Hall–Kier alpha value is -1.57. The minimum absolute atomic E-state index is 0.808. The highest BCUT2D eigenvalue weighted by Gasteiger charge is 1.96. The Labute approximate surface area is 84.9 Å². The zero-order valence-electron chi connectivity index (χ0n) is 8.39. The molecule has 0 amide bonds. The molecule has 1 aromatic carbocycles. The van der Waals surface area contributed by atoms with Gasteiger partial charge < -0.3 is 4.90 Å². The van der Waals surface area contributed by atoms with E-state index >= 15 is 0 Å². The van der Waals surface area contributed by atoms with Gasteiger partial charge in [0.25, 0.3) is 0 Å². The highest BCUT2D eigenvalue weighted by molar-refractivity contribution is 5.64. The van der Waals surface area contributed by atoms with Crippen LogP contribution in [0, 0.1) is 0 Å². The molecule has 0 bridgehead atoms. The Morgan fingerprint density at radius 1 is 1.29 bits per heavy atom. The van der Waals surface area contributed by atoms with Crippen molar-refractivity contribution in [3.8, 4) is 0 Å². The fourth-order valence-corrected chi connectivity index (χ4v) is 1.23. The quantitative estimate of drug-likeness (QED) is 0.523. The van der Waals surface area contributed by atoms with Gasteiger partial charge in [0.1, 0.15) is 6.29 Å². The Kier molecular flexibility index (Phi) is 4.48. The van der Waals surface area contributed by atoms with Crippen LogP contribution >= 0.6 is 0 Å². The number of allylic oxidation sites excluding steroid dienone is 1. The highest BCUT2D eigenvalue weighted by atomic mass is 16.1. The molecule has 0 saturated heterocycles. The molecule has 0 atom stereocenters. The summed E-state index contributed by atoms with van der Waals surface area (Å²) in [6.45, 7) is 0.925. The van der Waals surface area contributed by atoms with Gasteiger partial charge >= 0.3 is 0 Å². The van der Waals surface area contributed by atoms with E-state index in [-0.39, 0.29) is 0 Å². The first-order valence-electron chi connectivity index (χ1n) is 4.71. The molecule has 0 spiro atoms. The molecule has 0 aliphatic heterocycles. The molecule has 0 aromatic heterocycles. The normalized spacial score (nSPS) is 10.4. The fourth-order valence-electron chi connectivity index (χ4n) is 1.23. The van der Waals surface area contributed by atoms with Gasteiger partial charge in [-0.05, 0) is 24.6 Å². The van der Waals surface area contributed by atoms with Gasteiger partial charge in [0.2, 0.25) is 0 Å². The first kappa shape index (κ1) is 10.5. The zero-order chi connectivity index (χ0) is 10.2. The van der Waals surface area contributed by atoms with Crippen LogP contribution in [0.2, 0.25) is 0 Å². The number of carbonyl (C=O) groups excluding carboxylic acids is 1. The number of anilines is 1. The lowest BCUT2D eigenvalue weighted by molar-refractivity contribution is -0.104. The third-order valence-corrected chi connectivity index (χ3v) is 2.04. The number of nitrogens with zero attached hydrogens (tertiary/aromatic N) is 1. The van der Waals surface area contributed by atoms with Gasteiger partial charge in [-0.2, -0.15) is 0 Å². The molecule has 0 unspecified atom stereocenters. The van der Waals surface area contributed by atoms with Crippen molar-refractivity contribution >= 4 is 12.0 Å². The van der Waals surface area contributed by atoms with Crippen LogP contribution in [-0.4, -0.2) is 19.9 Å². The van der Waals surface area contributed by atoms with Gasteiger partial charge in [-0.15, -0.1) is 0 Å². The molecule has 2 nitrogen and oxygen atoms in total. The number of carbonyl (C=O) groups is 1. The molecule has 0 saturated carbocycles. The Morgan fingerprint density at radius 3 is 2.64 bits per heavy atom. The van der Waals surface area contributed by atoms with Crippen molar-refractivity contribution in [3.63, 3.8) is 0 Å². The van der Waals surface area contributed by atoms with Crippen molar-refractivity contribution in [2.24, 2.45) is 0 Å². The van der Waals surface area contributed by atoms with Crippen LogP contribution in [0.3, 0.4) is 0 Å². The zero-order valence-corrected chi connectivity index (χ0v) is 8.39. The summed E-state index contributed by atoms with van der Waals surface area (Å²) in [5.41, 5.74) is 1.20. The summed E-state index contributed by atoms with van der Waals surface area (Å²) in [6, 6.07) is 10.2. The van der Waals surface area contributed by atoms with E-state index in [9.17, 15) is 4.79 Å². The third kappa shape index (κ3) is 3.44. The lowest BCUT2D eigenvalue weighted by Crippen LogP contribution is -2.17. The van der Waals surface area contributed by atoms with Crippen LogP contribution in [0.25, 0.3) is 0 Å². The van der Waals surface area contributed by atoms with Crippen molar-refractivity contribution in [1.29, 1.82) is 0 Å². The molecular weight excluding hydrogens is 174 g/mol. The largest absolute Gasteiger partial charge is 0.374 e. The average Bonchev–Trinajstić information content (AvgIpc) is 2.25. The summed E-state index contributed by atoms with van der Waals surface area (Å²) >= 11 is 0. The van der Waals surface area contributed by atoms with Crippen molar-refractivity contribution in [2.75, 3.05) is 18.5 Å². The first-order valence-corrected chi connectivity index (χ1v) is 4.71. The van der Waals surface area contributed by atoms with Crippen LogP contribution in [0.5, 0.6) is 0 Å². The first-order chi connectivity index (χ1) is 6.84.